The third-order valence-corrected chi connectivity index (χ3v) is 5.24. The Balaban J connectivity index is 1.60. The zero-order chi connectivity index (χ0) is 17.0. The van der Waals surface area contributed by atoms with Crippen LogP contribution in [0.5, 0.6) is 0 Å². The first-order chi connectivity index (χ1) is 11.7. The summed E-state index contributed by atoms with van der Waals surface area (Å²) in [7, 11) is 1.76. The van der Waals surface area contributed by atoms with E-state index in [9.17, 15) is 4.79 Å². The van der Waals surface area contributed by atoms with Crippen LogP contribution in [-0.4, -0.2) is 55.9 Å². The lowest BCUT2D eigenvalue weighted by atomic mass is 9.87. The number of carbonyl (C=O) groups is 1. The summed E-state index contributed by atoms with van der Waals surface area (Å²) in [4.78, 5) is 14.7. The van der Waals surface area contributed by atoms with Gasteiger partial charge < -0.3 is 14.8 Å². The van der Waals surface area contributed by atoms with E-state index in [4.69, 9.17) is 9.47 Å². The Kier molecular flexibility index (Phi) is 5.54. The highest BCUT2D eigenvalue weighted by atomic mass is 16.5. The van der Waals surface area contributed by atoms with E-state index in [0.717, 1.165) is 51.1 Å². The lowest BCUT2D eigenvalue weighted by Crippen LogP contribution is -2.58. The number of hydrogen-bond acceptors (Lipinski definition) is 4. The summed E-state index contributed by atoms with van der Waals surface area (Å²) in [5, 5.41) is 3.06. The van der Waals surface area contributed by atoms with Crippen LogP contribution in [0.25, 0.3) is 0 Å². The number of aryl methyl sites for hydroxylation is 1. The second-order valence-corrected chi connectivity index (χ2v) is 6.80. The average Bonchev–Trinajstić information content (AvgIpc) is 3.04. The summed E-state index contributed by atoms with van der Waals surface area (Å²) in [6.45, 7) is 4.94. The molecule has 2 saturated heterocycles. The first kappa shape index (κ1) is 17.4. The Morgan fingerprint density at radius 3 is 3.00 bits per heavy atom. The number of hydrogen-bond donors (Lipinski definition) is 1. The Morgan fingerprint density at radius 2 is 2.29 bits per heavy atom. The molecule has 0 aromatic heterocycles. The fraction of sp³-hybridized carbons (Fsp3) is 0.632. The summed E-state index contributed by atoms with van der Waals surface area (Å²) in [6.07, 6.45) is 4.05. The molecule has 0 bridgehead atoms. The monoisotopic (exact) mass is 332 g/mol. The molecule has 0 unspecified atom stereocenters. The maximum Gasteiger partial charge on any atom is 0.238 e. The Morgan fingerprint density at radius 1 is 1.46 bits per heavy atom. The molecule has 5 nitrogen and oxygen atoms in total. The van der Waals surface area contributed by atoms with Crippen LogP contribution in [0.3, 0.4) is 0 Å². The van der Waals surface area contributed by atoms with Gasteiger partial charge in [-0.15, -0.1) is 0 Å². The number of likely N-dealkylation sites (tertiary alicyclic amines) is 1. The number of methoxy groups -OCH3 is 1. The number of rotatable bonds is 5. The van der Waals surface area contributed by atoms with Crippen molar-refractivity contribution in [2.45, 2.75) is 44.3 Å². The molecular weight excluding hydrogens is 304 g/mol. The Hall–Kier alpha value is -1.43. The minimum Gasteiger partial charge on any atom is -0.378 e. The van der Waals surface area contributed by atoms with Gasteiger partial charge in [0.2, 0.25) is 5.91 Å². The lowest BCUT2D eigenvalue weighted by Gasteiger charge is -2.44. The highest BCUT2D eigenvalue weighted by Crippen LogP contribution is 2.36. The summed E-state index contributed by atoms with van der Waals surface area (Å²) in [6, 6.07) is 7.99. The molecular formula is C19H28N2O3. The second-order valence-electron chi connectivity index (χ2n) is 6.80. The smallest absolute Gasteiger partial charge is 0.238 e. The van der Waals surface area contributed by atoms with Gasteiger partial charge in [0.25, 0.3) is 0 Å². The molecule has 2 aliphatic rings. The highest BCUT2D eigenvalue weighted by Gasteiger charge is 2.47. The van der Waals surface area contributed by atoms with Crippen molar-refractivity contribution in [1.29, 1.82) is 0 Å². The molecule has 0 radical (unpaired) electrons. The van der Waals surface area contributed by atoms with Gasteiger partial charge >= 0.3 is 0 Å². The van der Waals surface area contributed by atoms with Crippen molar-refractivity contribution in [3.05, 3.63) is 29.8 Å². The predicted molar refractivity (Wildman–Crippen MR) is 94.2 cm³/mol. The molecule has 1 aromatic carbocycles. The van der Waals surface area contributed by atoms with Crippen LogP contribution in [0.2, 0.25) is 0 Å². The van der Waals surface area contributed by atoms with Crippen LogP contribution in [-0.2, 0) is 20.7 Å². The molecule has 2 aliphatic heterocycles. The van der Waals surface area contributed by atoms with E-state index in [-0.39, 0.29) is 17.6 Å². The van der Waals surface area contributed by atoms with E-state index in [2.05, 4.69) is 23.2 Å². The van der Waals surface area contributed by atoms with Gasteiger partial charge in [0.1, 0.15) is 5.60 Å². The number of anilines is 1. The van der Waals surface area contributed by atoms with Crippen LogP contribution in [0.15, 0.2) is 24.3 Å². The topological polar surface area (TPSA) is 50.8 Å². The van der Waals surface area contributed by atoms with Gasteiger partial charge in [0, 0.05) is 32.5 Å². The molecule has 1 N–H and O–H groups in total. The summed E-state index contributed by atoms with van der Waals surface area (Å²) < 4.78 is 11.7. The van der Waals surface area contributed by atoms with Crippen LogP contribution in [0.4, 0.5) is 5.69 Å². The maximum atomic E-state index is 12.5. The normalized spacial score (nSPS) is 27.5. The number of para-hydroxylation sites is 1. The minimum absolute atomic E-state index is 0.0416. The first-order valence-electron chi connectivity index (χ1n) is 8.94. The Labute approximate surface area is 144 Å². The van der Waals surface area contributed by atoms with Crippen LogP contribution in [0, 0.1) is 0 Å². The van der Waals surface area contributed by atoms with Gasteiger partial charge in [-0.1, -0.05) is 25.1 Å². The van der Waals surface area contributed by atoms with Gasteiger partial charge in [0.05, 0.1) is 12.6 Å². The number of piperidine rings is 1. The van der Waals surface area contributed by atoms with Crippen molar-refractivity contribution in [1.82, 2.24) is 4.90 Å². The van der Waals surface area contributed by atoms with E-state index in [1.807, 2.05) is 18.2 Å². The van der Waals surface area contributed by atoms with Gasteiger partial charge in [-0.3, -0.25) is 9.69 Å². The third-order valence-electron chi connectivity index (χ3n) is 5.24. The first-order valence-corrected chi connectivity index (χ1v) is 8.94. The van der Waals surface area contributed by atoms with Crippen LogP contribution >= 0.6 is 0 Å². The zero-order valence-corrected chi connectivity index (χ0v) is 14.7. The van der Waals surface area contributed by atoms with E-state index in [0.29, 0.717) is 6.54 Å². The minimum atomic E-state index is -0.228. The van der Waals surface area contributed by atoms with E-state index in [1.54, 1.807) is 7.11 Å². The second kappa shape index (κ2) is 7.64. The molecule has 2 heterocycles. The summed E-state index contributed by atoms with van der Waals surface area (Å²) >= 11 is 0. The standard InChI is InChI=1S/C19H28N2O3/c1-3-15-7-4-5-8-16(15)20-18(22)13-21-11-9-17(23-2)19(14-21)10-6-12-24-19/h4-5,7-8,17H,3,6,9-14H2,1-2H3,(H,20,22)/t17-,19+/m0/s1. The zero-order valence-electron chi connectivity index (χ0n) is 14.7. The number of ether oxygens (including phenoxy) is 2. The molecule has 1 spiro atoms. The molecule has 0 saturated carbocycles. The quantitative estimate of drug-likeness (QED) is 0.900. The fourth-order valence-electron chi connectivity index (χ4n) is 4.03. The van der Waals surface area contributed by atoms with E-state index in [1.165, 1.54) is 5.56 Å². The molecule has 1 amide bonds. The van der Waals surface area contributed by atoms with Crippen molar-refractivity contribution in [2.24, 2.45) is 0 Å². The largest absolute Gasteiger partial charge is 0.378 e. The molecule has 132 valence electrons. The SMILES string of the molecule is CCc1ccccc1NC(=O)CN1CC[C@H](OC)[C@@]2(CCCO2)C1. The van der Waals surface area contributed by atoms with Gasteiger partial charge in [-0.05, 0) is 37.3 Å². The number of nitrogens with zero attached hydrogens (tertiary/aromatic N) is 1. The van der Waals surface area contributed by atoms with Crippen LogP contribution < -0.4 is 5.32 Å². The molecule has 24 heavy (non-hydrogen) atoms. The molecule has 2 atom stereocenters. The Bertz CT molecular complexity index is 569. The van der Waals surface area contributed by atoms with Gasteiger partial charge in [0.15, 0.2) is 0 Å². The van der Waals surface area contributed by atoms with Crippen molar-refractivity contribution in [3.8, 4) is 0 Å². The maximum absolute atomic E-state index is 12.5. The number of carbonyl (C=O) groups excluding carboxylic acids is 1. The average molecular weight is 332 g/mol. The predicted octanol–water partition coefficient (Wildman–Crippen LogP) is 2.46. The number of amides is 1. The molecule has 0 aliphatic carbocycles. The molecule has 3 rings (SSSR count). The van der Waals surface area contributed by atoms with E-state index < -0.39 is 0 Å². The summed E-state index contributed by atoms with van der Waals surface area (Å²) in [5.41, 5.74) is 1.86. The van der Waals surface area contributed by atoms with E-state index >= 15 is 0 Å². The molecule has 2 fully saturated rings. The van der Waals surface area contributed by atoms with Crippen molar-refractivity contribution >= 4 is 11.6 Å². The molecule has 1 aromatic rings. The lowest BCUT2D eigenvalue weighted by molar-refractivity contribution is -0.146. The van der Waals surface area contributed by atoms with Gasteiger partial charge in [-0.25, -0.2) is 0 Å². The van der Waals surface area contributed by atoms with Crippen molar-refractivity contribution in [2.75, 3.05) is 38.7 Å². The fourth-order valence-corrected chi connectivity index (χ4v) is 4.03. The van der Waals surface area contributed by atoms with Crippen molar-refractivity contribution < 1.29 is 14.3 Å². The summed E-state index contributed by atoms with van der Waals surface area (Å²) in [5.74, 6) is 0.0416. The molecule has 5 heteroatoms. The van der Waals surface area contributed by atoms with Crippen LogP contribution in [0.1, 0.15) is 31.7 Å². The third kappa shape index (κ3) is 3.63. The number of nitrogens with one attached hydrogen (secondary N) is 1. The highest BCUT2D eigenvalue weighted by molar-refractivity contribution is 5.93. The van der Waals surface area contributed by atoms with Crippen molar-refractivity contribution in [3.63, 3.8) is 0 Å². The number of benzene rings is 1. The van der Waals surface area contributed by atoms with Gasteiger partial charge in [-0.2, -0.15) is 0 Å².